The minimum atomic E-state index is -1.93. The van der Waals surface area contributed by atoms with Gasteiger partial charge >= 0.3 is 6.09 Å². The zero-order valence-electron chi connectivity index (χ0n) is 10.3. The molecule has 0 spiro atoms. The van der Waals surface area contributed by atoms with Crippen molar-refractivity contribution in [3.8, 4) is 0 Å². The zero-order chi connectivity index (χ0) is 13.0. The van der Waals surface area contributed by atoms with Crippen molar-refractivity contribution in [2.75, 3.05) is 6.54 Å². The highest BCUT2D eigenvalue weighted by molar-refractivity contribution is 5.67. The maximum Gasteiger partial charge on any atom is 0.407 e. The molecule has 0 unspecified atom stereocenters. The number of nitrogens with one attached hydrogen (secondary N) is 1. The summed E-state index contributed by atoms with van der Waals surface area (Å²) < 4.78 is 4.99. The first-order valence-corrected chi connectivity index (χ1v) is 5.19. The quantitative estimate of drug-likeness (QED) is 0.510. The molecule has 0 aromatic carbocycles. The summed E-state index contributed by atoms with van der Waals surface area (Å²) in [6.45, 7) is 6.71. The van der Waals surface area contributed by atoms with Crippen LogP contribution in [0.3, 0.4) is 0 Å². The number of aliphatic hydroxyl groups is 2. The fourth-order valence-electron chi connectivity index (χ4n) is 0.917. The fraction of sp³-hybridized carbons (Fsp3) is 0.900. The average Bonchev–Trinajstić information content (AvgIpc) is 1.98. The monoisotopic (exact) mass is 234 g/mol. The Balaban J connectivity index is 3.79. The molecule has 5 N–H and O–H groups in total. The molecule has 0 aromatic rings. The van der Waals surface area contributed by atoms with Gasteiger partial charge < -0.3 is 26.0 Å². The average molecular weight is 234 g/mol. The maximum atomic E-state index is 11.2. The molecule has 0 aliphatic rings. The molecule has 0 bridgehead atoms. The smallest absolute Gasteiger partial charge is 0.407 e. The standard InChI is InChI=1S/C10H22N2O4/c1-9(2,3)16-8(13)12-6-5-7(11)10(4,14)15/h7,14-15H,5-6,11H2,1-4H3,(H,12,13)/t7-/m0/s1. The second kappa shape index (κ2) is 5.47. The van der Waals surface area contributed by atoms with Crippen LogP contribution in [0.2, 0.25) is 0 Å². The third-order valence-electron chi connectivity index (χ3n) is 1.83. The Hall–Kier alpha value is -0.850. The molecule has 0 aromatic heterocycles. The second-order valence-corrected chi connectivity index (χ2v) is 4.92. The predicted molar refractivity (Wildman–Crippen MR) is 59.7 cm³/mol. The van der Waals surface area contributed by atoms with Crippen molar-refractivity contribution in [3.05, 3.63) is 0 Å². The molecule has 0 saturated carbocycles. The Labute approximate surface area is 95.8 Å². The topological polar surface area (TPSA) is 105 Å². The highest BCUT2D eigenvalue weighted by Crippen LogP contribution is 2.07. The van der Waals surface area contributed by atoms with Crippen LogP contribution < -0.4 is 11.1 Å². The molecule has 0 aliphatic heterocycles. The first-order chi connectivity index (χ1) is 7.02. The summed E-state index contributed by atoms with van der Waals surface area (Å²) in [4.78, 5) is 11.2. The third kappa shape index (κ3) is 7.44. The molecule has 6 nitrogen and oxygen atoms in total. The third-order valence-corrected chi connectivity index (χ3v) is 1.83. The van der Waals surface area contributed by atoms with E-state index in [9.17, 15) is 4.79 Å². The summed E-state index contributed by atoms with van der Waals surface area (Å²) in [5.74, 6) is -1.93. The van der Waals surface area contributed by atoms with Crippen molar-refractivity contribution in [3.63, 3.8) is 0 Å². The SMILES string of the molecule is CC(C)(C)OC(=O)NCC[C@H](N)C(C)(O)O. The number of carbonyl (C=O) groups excluding carboxylic acids is 1. The van der Waals surface area contributed by atoms with Crippen molar-refractivity contribution in [2.45, 2.75) is 51.5 Å². The van der Waals surface area contributed by atoms with Crippen LogP contribution in [0.4, 0.5) is 4.79 Å². The van der Waals surface area contributed by atoms with Crippen molar-refractivity contribution >= 4 is 6.09 Å². The van der Waals surface area contributed by atoms with E-state index in [0.29, 0.717) is 0 Å². The fourth-order valence-corrected chi connectivity index (χ4v) is 0.917. The van der Waals surface area contributed by atoms with Gasteiger partial charge in [0.15, 0.2) is 5.79 Å². The van der Waals surface area contributed by atoms with Crippen LogP contribution in [-0.4, -0.2) is 40.3 Å². The Morgan fingerprint density at radius 2 is 1.88 bits per heavy atom. The van der Waals surface area contributed by atoms with Gasteiger partial charge in [0.1, 0.15) is 5.60 Å². The van der Waals surface area contributed by atoms with Gasteiger partial charge in [-0.1, -0.05) is 0 Å². The number of ether oxygens (including phenoxy) is 1. The Bertz CT molecular complexity index is 230. The molecular weight excluding hydrogens is 212 g/mol. The van der Waals surface area contributed by atoms with Gasteiger partial charge in [0, 0.05) is 6.54 Å². The number of nitrogens with two attached hydrogens (primary N) is 1. The lowest BCUT2D eigenvalue weighted by atomic mass is 10.1. The van der Waals surface area contributed by atoms with Crippen molar-refractivity contribution < 1.29 is 19.7 Å². The molecule has 1 amide bonds. The van der Waals surface area contributed by atoms with Gasteiger partial charge in [-0.05, 0) is 34.1 Å². The van der Waals surface area contributed by atoms with Crippen molar-refractivity contribution in [1.82, 2.24) is 5.32 Å². The van der Waals surface area contributed by atoms with E-state index in [1.807, 2.05) is 0 Å². The van der Waals surface area contributed by atoms with Gasteiger partial charge in [-0.2, -0.15) is 0 Å². The number of rotatable bonds is 4. The molecule has 0 rings (SSSR count). The van der Waals surface area contributed by atoms with Gasteiger partial charge in [0.2, 0.25) is 0 Å². The molecule has 96 valence electrons. The lowest BCUT2D eigenvalue weighted by molar-refractivity contribution is -0.161. The summed E-state index contributed by atoms with van der Waals surface area (Å²) >= 11 is 0. The van der Waals surface area contributed by atoms with E-state index in [2.05, 4.69) is 5.32 Å². The van der Waals surface area contributed by atoms with Crippen LogP contribution in [0.5, 0.6) is 0 Å². The largest absolute Gasteiger partial charge is 0.444 e. The zero-order valence-corrected chi connectivity index (χ0v) is 10.3. The van der Waals surface area contributed by atoms with Crippen LogP contribution in [0, 0.1) is 0 Å². The van der Waals surface area contributed by atoms with Gasteiger partial charge in [-0.3, -0.25) is 0 Å². The molecule has 1 atom stereocenters. The van der Waals surface area contributed by atoms with Gasteiger partial charge in [0.25, 0.3) is 0 Å². The van der Waals surface area contributed by atoms with E-state index in [0.717, 1.165) is 0 Å². The first kappa shape index (κ1) is 15.2. The van der Waals surface area contributed by atoms with E-state index in [-0.39, 0.29) is 13.0 Å². The summed E-state index contributed by atoms with van der Waals surface area (Å²) in [5.41, 5.74) is 4.93. The van der Waals surface area contributed by atoms with Crippen LogP contribution in [0.1, 0.15) is 34.1 Å². The van der Waals surface area contributed by atoms with Gasteiger partial charge in [0.05, 0.1) is 6.04 Å². The second-order valence-electron chi connectivity index (χ2n) is 4.92. The van der Waals surface area contributed by atoms with Crippen LogP contribution in [0.25, 0.3) is 0 Å². The number of hydrogen-bond acceptors (Lipinski definition) is 5. The molecule has 0 aliphatic carbocycles. The lowest BCUT2D eigenvalue weighted by Crippen LogP contribution is -2.47. The van der Waals surface area contributed by atoms with Crippen molar-refractivity contribution in [2.24, 2.45) is 5.73 Å². The lowest BCUT2D eigenvalue weighted by Gasteiger charge is -2.24. The highest BCUT2D eigenvalue weighted by atomic mass is 16.6. The number of carbonyl (C=O) groups is 1. The maximum absolute atomic E-state index is 11.2. The highest BCUT2D eigenvalue weighted by Gasteiger charge is 2.25. The van der Waals surface area contributed by atoms with Crippen LogP contribution in [0.15, 0.2) is 0 Å². The van der Waals surface area contributed by atoms with Crippen LogP contribution >= 0.6 is 0 Å². The number of amides is 1. The molecule has 0 saturated heterocycles. The molecule has 0 heterocycles. The minimum absolute atomic E-state index is 0.229. The molecule has 0 fully saturated rings. The Kier molecular flexibility index (Phi) is 5.18. The number of hydrogen-bond donors (Lipinski definition) is 4. The summed E-state index contributed by atoms with van der Waals surface area (Å²) in [6, 6.07) is -0.817. The Morgan fingerprint density at radius 3 is 2.25 bits per heavy atom. The summed E-state index contributed by atoms with van der Waals surface area (Å²) in [5, 5.41) is 20.7. The molecular formula is C10H22N2O4. The normalized spacial score (nSPS) is 14.4. The van der Waals surface area contributed by atoms with E-state index < -0.39 is 23.5 Å². The van der Waals surface area contributed by atoms with Crippen molar-refractivity contribution in [1.29, 1.82) is 0 Å². The molecule has 0 radical (unpaired) electrons. The molecule has 6 heteroatoms. The van der Waals surface area contributed by atoms with E-state index in [4.69, 9.17) is 20.7 Å². The predicted octanol–water partition coefficient (Wildman–Crippen LogP) is -0.0707. The van der Waals surface area contributed by atoms with Gasteiger partial charge in [-0.15, -0.1) is 0 Å². The molecule has 16 heavy (non-hydrogen) atoms. The Morgan fingerprint density at radius 1 is 1.38 bits per heavy atom. The number of alkyl carbamates (subject to hydrolysis) is 1. The van der Waals surface area contributed by atoms with E-state index in [1.165, 1.54) is 6.92 Å². The summed E-state index contributed by atoms with van der Waals surface area (Å²) in [6.07, 6.45) is -0.291. The van der Waals surface area contributed by atoms with E-state index in [1.54, 1.807) is 20.8 Å². The van der Waals surface area contributed by atoms with Crippen LogP contribution in [-0.2, 0) is 4.74 Å². The first-order valence-electron chi connectivity index (χ1n) is 5.19. The van der Waals surface area contributed by atoms with Gasteiger partial charge in [-0.25, -0.2) is 4.79 Å². The minimum Gasteiger partial charge on any atom is -0.444 e. The summed E-state index contributed by atoms with van der Waals surface area (Å²) in [7, 11) is 0. The van der Waals surface area contributed by atoms with E-state index >= 15 is 0 Å².